The van der Waals surface area contributed by atoms with Crippen LogP contribution in [0.2, 0.25) is 0 Å². The molecule has 0 fully saturated rings. The van der Waals surface area contributed by atoms with Crippen LogP contribution in [0.25, 0.3) is 21.8 Å². The van der Waals surface area contributed by atoms with Crippen LogP contribution in [0.3, 0.4) is 0 Å². The second kappa shape index (κ2) is 6.89. The van der Waals surface area contributed by atoms with E-state index >= 15 is 0 Å². The van der Waals surface area contributed by atoms with Crippen molar-refractivity contribution in [1.29, 1.82) is 0 Å². The van der Waals surface area contributed by atoms with Crippen molar-refractivity contribution in [1.82, 2.24) is 4.57 Å². The molecule has 0 aliphatic rings. The first-order valence-corrected chi connectivity index (χ1v) is 9.07. The smallest absolute Gasteiger partial charge is 0.249 e. The Kier molecular flexibility index (Phi) is 4.42. The highest BCUT2D eigenvalue weighted by Gasteiger charge is 2.17. The highest BCUT2D eigenvalue weighted by Crippen LogP contribution is 2.33. The van der Waals surface area contributed by atoms with Crippen LogP contribution in [0.1, 0.15) is 34.0 Å². The van der Waals surface area contributed by atoms with Crippen LogP contribution in [-0.4, -0.2) is 15.6 Å². The number of carbonyl (C=O) groups excluding carboxylic acids is 1. The van der Waals surface area contributed by atoms with Crippen LogP contribution in [0.5, 0.6) is 0 Å². The van der Waals surface area contributed by atoms with Crippen LogP contribution in [0.4, 0.5) is 0 Å². The number of aryl methyl sites for hydroxylation is 1. The van der Waals surface area contributed by atoms with Crippen molar-refractivity contribution < 1.29 is 9.90 Å². The zero-order chi connectivity index (χ0) is 19.0. The lowest BCUT2D eigenvalue weighted by molar-refractivity contribution is 0.100. The summed E-state index contributed by atoms with van der Waals surface area (Å²) in [7, 11) is 0. The normalized spacial score (nSPS) is 11.3. The van der Waals surface area contributed by atoms with Gasteiger partial charge < -0.3 is 15.4 Å². The Morgan fingerprint density at radius 2 is 1.89 bits per heavy atom. The highest BCUT2D eigenvalue weighted by atomic mass is 16.3. The SMILES string of the molecule is CCc1ccccc1Cn1c2cc(CO)c[c]c2c2c(C(N)=O)cccc21. The Balaban J connectivity index is 2.05. The number of primary amides is 1. The Hall–Kier alpha value is -3.11. The van der Waals surface area contributed by atoms with Gasteiger partial charge >= 0.3 is 0 Å². The largest absolute Gasteiger partial charge is 0.392 e. The summed E-state index contributed by atoms with van der Waals surface area (Å²) in [5, 5.41) is 11.2. The summed E-state index contributed by atoms with van der Waals surface area (Å²) < 4.78 is 2.18. The van der Waals surface area contributed by atoms with E-state index < -0.39 is 5.91 Å². The number of hydrogen-bond donors (Lipinski definition) is 2. The number of rotatable bonds is 5. The quantitative estimate of drug-likeness (QED) is 0.570. The monoisotopic (exact) mass is 357 g/mol. The number of aromatic nitrogens is 1. The highest BCUT2D eigenvalue weighted by molar-refractivity contribution is 6.17. The Bertz CT molecular complexity index is 1160. The third kappa shape index (κ3) is 2.88. The van der Waals surface area contributed by atoms with Crippen molar-refractivity contribution in [3.05, 3.63) is 82.9 Å². The molecule has 1 heterocycles. The van der Waals surface area contributed by atoms with Crippen molar-refractivity contribution in [3.8, 4) is 0 Å². The zero-order valence-electron chi connectivity index (χ0n) is 15.2. The van der Waals surface area contributed by atoms with Gasteiger partial charge in [-0.1, -0.05) is 37.3 Å². The van der Waals surface area contributed by atoms with Gasteiger partial charge in [-0.05, 0) is 53.4 Å². The van der Waals surface area contributed by atoms with E-state index in [0.717, 1.165) is 33.8 Å². The number of nitrogens with zero attached hydrogens (tertiary/aromatic N) is 1. The van der Waals surface area contributed by atoms with Crippen LogP contribution in [0, 0.1) is 6.07 Å². The van der Waals surface area contributed by atoms with E-state index in [2.05, 4.69) is 35.8 Å². The molecule has 0 bridgehead atoms. The fraction of sp³-hybridized carbons (Fsp3) is 0.174. The summed E-state index contributed by atoms with van der Waals surface area (Å²) >= 11 is 0. The van der Waals surface area contributed by atoms with Crippen molar-refractivity contribution in [3.63, 3.8) is 0 Å². The topological polar surface area (TPSA) is 68.2 Å². The Morgan fingerprint density at radius 3 is 2.59 bits per heavy atom. The minimum atomic E-state index is -0.451. The van der Waals surface area contributed by atoms with Crippen molar-refractivity contribution in [2.24, 2.45) is 5.73 Å². The van der Waals surface area contributed by atoms with Gasteiger partial charge in [0.1, 0.15) is 0 Å². The first kappa shape index (κ1) is 17.3. The summed E-state index contributed by atoms with van der Waals surface area (Å²) in [4.78, 5) is 12.0. The summed E-state index contributed by atoms with van der Waals surface area (Å²) in [5.41, 5.74) is 11.3. The van der Waals surface area contributed by atoms with Crippen molar-refractivity contribution in [2.75, 3.05) is 0 Å². The molecule has 1 amide bonds. The van der Waals surface area contributed by atoms with Crippen LogP contribution >= 0.6 is 0 Å². The third-order valence-electron chi connectivity index (χ3n) is 5.13. The maximum Gasteiger partial charge on any atom is 0.249 e. The standard InChI is InChI=1S/C23H21N2O2/c1-2-16-6-3-4-7-17(16)13-25-20-9-5-8-19(23(24)27)22(20)18-11-10-15(14-26)12-21(18)25/h3-10,12,26H,2,13-14H2,1H3,(H2,24,27). The van der Waals surface area contributed by atoms with E-state index in [1.807, 2.05) is 24.3 Å². The van der Waals surface area contributed by atoms with E-state index in [9.17, 15) is 9.90 Å². The predicted octanol–water partition coefficient (Wildman–Crippen LogP) is 3.80. The van der Waals surface area contributed by atoms with Crippen LogP contribution in [-0.2, 0) is 19.6 Å². The number of aliphatic hydroxyl groups is 1. The lowest BCUT2D eigenvalue weighted by Gasteiger charge is -2.12. The molecular weight excluding hydrogens is 336 g/mol. The molecule has 0 aliphatic heterocycles. The van der Waals surface area contributed by atoms with Crippen LogP contribution < -0.4 is 5.73 Å². The fourth-order valence-corrected chi connectivity index (χ4v) is 3.79. The number of benzene rings is 3. The molecule has 3 N–H and O–H groups in total. The lowest BCUT2D eigenvalue weighted by atomic mass is 10.0. The van der Waals surface area contributed by atoms with Gasteiger partial charge in [0.25, 0.3) is 0 Å². The molecule has 0 aliphatic carbocycles. The molecule has 4 aromatic rings. The van der Waals surface area contributed by atoms with Gasteiger partial charge in [-0.2, -0.15) is 0 Å². The average Bonchev–Trinajstić information content (AvgIpc) is 3.01. The van der Waals surface area contributed by atoms with Gasteiger partial charge in [-0.25, -0.2) is 0 Å². The maximum atomic E-state index is 12.0. The number of hydrogen-bond acceptors (Lipinski definition) is 2. The van der Waals surface area contributed by atoms with E-state index in [1.54, 1.807) is 12.1 Å². The third-order valence-corrected chi connectivity index (χ3v) is 5.13. The molecule has 4 nitrogen and oxygen atoms in total. The van der Waals surface area contributed by atoms with Gasteiger partial charge in [0.15, 0.2) is 0 Å². The first-order valence-electron chi connectivity index (χ1n) is 9.07. The molecule has 0 spiro atoms. The number of nitrogens with two attached hydrogens (primary N) is 1. The fourth-order valence-electron chi connectivity index (χ4n) is 3.79. The summed E-state index contributed by atoms with van der Waals surface area (Å²) in [6.07, 6.45) is 0.952. The van der Waals surface area contributed by atoms with Crippen LogP contribution in [0.15, 0.2) is 54.6 Å². The molecule has 0 saturated carbocycles. The summed E-state index contributed by atoms with van der Waals surface area (Å²) in [5.74, 6) is -0.451. The zero-order valence-corrected chi connectivity index (χ0v) is 15.2. The summed E-state index contributed by atoms with van der Waals surface area (Å²) in [6.45, 7) is 2.77. The minimum absolute atomic E-state index is 0.0534. The number of carbonyl (C=O) groups is 1. The van der Waals surface area contributed by atoms with Crippen molar-refractivity contribution >= 4 is 27.7 Å². The van der Waals surface area contributed by atoms with Gasteiger partial charge in [0, 0.05) is 22.9 Å². The van der Waals surface area contributed by atoms with Crippen molar-refractivity contribution in [2.45, 2.75) is 26.5 Å². The number of amides is 1. The molecule has 4 rings (SSSR count). The van der Waals surface area contributed by atoms with Gasteiger partial charge in [0.05, 0.1) is 17.6 Å². The molecule has 0 saturated heterocycles. The van der Waals surface area contributed by atoms with Gasteiger partial charge in [0.2, 0.25) is 5.91 Å². The molecule has 3 aromatic carbocycles. The molecule has 135 valence electrons. The number of aliphatic hydroxyl groups excluding tert-OH is 1. The minimum Gasteiger partial charge on any atom is -0.392 e. The maximum absolute atomic E-state index is 12.0. The van der Waals surface area contributed by atoms with Gasteiger partial charge in [-0.3, -0.25) is 4.79 Å². The predicted molar refractivity (Wildman–Crippen MR) is 108 cm³/mol. The molecule has 0 atom stereocenters. The second-order valence-corrected chi connectivity index (χ2v) is 6.70. The van der Waals surface area contributed by atoms with E-state index in [4.69, 9.17) is 5.73 Å². The lowest BCUT2D eigenvalue weighted by Crippen LogP contribution is -2.11. The average molecular weight is 357 g/mol. The Morgan fingerprint density at radius 1 is 1.11 bits per heavy atom. The molecule has 1 aromatic heterocycles. The second-order valence-electron chi connectivity index (χ2n) is 6.70. The van der Waals surface area contributed by atoms with E-state index in [1.165, 1.54) is 11.1 Å². The molecular formula is C23H21N2O2. The molecule has 4 heteroatoms. The number of fused-ring (bicyclic) bond motifs is 3. The van der Waals surface area contributed by atoms with E-state index in [0.29, 0.717) is 12.1 Å². The molecule has 0 unspecified atom stereocenters. The molecule has 1 radical (unpaired) electrons. The molecule has 27 heavy (non-hydrogen) atoms. The van der Waals surface area contributed by atoms with Gasteiger partial charge in [-0.15, -0.1) is 0 Å². The Labute approximate surface area is 157 Å². The van der Waals surface area contributed by atoms with E-state index in [-0.39, 0.29) is 6.61 Å². The summed E-state index contributed by atoms with van der Waals surface area (Å²) in [6, 6.07) is 21.0. The first-order chi connectivity index (χ1) is 13.1.